The predicted molar refractivity (Wildman–Crippen MR) is 54.7 cm³/mol. The van der Waals surface area contributed by atoms with Crippen LogP contribution < -0.4 is 0 Å². The van der Waals surface area contributed by atoms with Crippen molar-refractivity contribution < 1.29 is 9.90 Å². The van der Waals surface area contributed by atoms with E-state index in [2.05, 4.69) is 30.7 Å². The van der Waals surface area contributed by atoms with Gasteiger partial charge in [-0.15, -0.1) is 0 Å². The molecule has 1 fully saturated rings. The largest absolute Gasteiger partial charge is 0.477 e. The molecule has 0 aliphatic heterocycles. The van der Waals surface area contributed by atoms with Crippen LogP contribution in [0.15, 0.2) is 12.3 Å². The maximum atomic E-state index is 10.8. The lowest BCUT2D eigenvalue weighted by Crippen LogP contribution is -2.16. The fourth-order valence-electron chi connectivity index (χ4n) is 1.97. The Morgan fingerprint density at radius 1 is 1.47 bits per heavy atom. The lowest BCUT2D eigenvalue weighted by molar-refractivity contribution is 0.0689. The standard InChI is InChI=1S/C11H14N2O2/c1-10(2)6-11(10,3)9-12-5-4-7(13-9)8(14)15/h4-5H,6H2,1-3H3,(H,14,15). The molecule has 0 saturated heterocycles. The number of aromatic nitrogens is 2. The van der Waals surface area contributed by atoms with Crippen molar-refractivity contribution in [3.05, 3.63) is 23.8 Å². The highest BCUT2D eigenvalue weighted by atomic mass is 16.4. The molecule has 1 aliphatic carbocycles. The summed E-state index contributed by atoms with van der Waals surface area (Å²) >= 11 is 0. The molecule has 1 aromatic heterocycles. The number of carboxylic acids is 1. The van der Waals surface area contributed by atoms with Crippen molar-refractivity contribution in [2.75, 3.05) is 0 Å². The molecule has 1 aromatic rings. The van der Waals surface area contributed by atoms with Crippen LogP contribution in [0.3, 0.4) is 0 Å². The van der Waals surface area contributed by atoms with E-state index in [0.717, 1.165) is 6.42 Å². The summed E-state index contributed by atoms with van der Waals surface area (Å²) in [5.41, 5.74) is 0.173. The van der Waals surface area contributed by atoms with Gasteiger partial charge in [0.05, 0.1) is 0 Å². The summed E-state index contributed by atoms with van der Waals surface area (Å²) in [6.07, 6.45) is 2.52. The number of hydrogen-bond donors (Lipinski definition) is 1. The highest BCUT2D eigenvalue weighted by Crippen LogP contribution is 2.62. The molecule has 0 bridgehead atoms. The minimum absolute atomic E-state index is 0.0710. The molecule has 1 aliphatic rings. The Labute approximate surface area is 88.4 Å². The second kappa shape index (κ2) is 2.78. The molecule has 1 heterocycles. The highest BCUT2D eigenvalue weighted by Gasteiger charge is 2.60. The van der Waals surface area contributed by atoms with E-state index in [1.54, 1.807) is 0 Å². The lowest BCUT2D eigenvalue weighted by Gasteiger charge is -2.12. The molecule has 2 rings (SSSR count). The van der Waals surface area contributed by atoms with Crippen LogP contribution in [0.1, 0.15) is 43.5 Å². The molecular weight excluding hydrogens is 192 g/mol. The van der Waals surface area contributed by atoms with Crippen molar-refractivity contribution in [1.82, 2.24) is 9.97 Å². The average Bonchev–Trinajstić information content (AvgIpc) is 2.68. The number of hydrogen-bond acceptors (Lipinski definition) is 3. The topological polar surface area (TPSA) is 63.1 Å². The minimum Gasteiger partial charge on any atom is -0.477 e. The molecule has 1 unspecified atom stereocenters. The number of carbonyl (C=O) groups is 1. The zero-order chi connectivity index (χ0) is 11.3. The van der Waals surface area contributed by atoms with Crippen LogP contribution in [0.2, 0.25) is 0 Å². The Balaban J connectivity index is 2.39. The summed E-state index contributed by atoms with van der Waals surface area (Å²) in [5, 5.41) is 8.84. The Bertz CT molecular complexity index is 428. The number of nitrogens with zero attached hydrogens (tertiary/aromatic N) is 2. The quantitative estimate of drug-likeness (QED) is 0.802. The van der Waals surface area contributed by atoms with Crippen LogP contribution in [0.4, 0.5) is 0 Å². The predicted octanol–water partition coefficient (Wildman–Crippen LogP) is 1.86. The van der Waals surface area contributed by atoms with E-state index in [-0.39, 0.29) is 16.5 Å². The van der Waals surface area contributed by atoms with Gasteiger partial charge in [-0.05, 0) is 17.9 Å². The van der Waals surface area contributed by atoms with Gasteiger partial charge in [0.25, 0.3) is 0 Å². The number of carboxylic acid groups (broad SMARTS) is 1. The Morgan fingerprint density at radius 2 is 2.07 bits per heavy atom. The molecule has 0 aromatic carbocycles. The van der Waals surface area contributed by atoms with Gasteiger partial charge >= 0.3 is 5.97 Å². The van der Waals surface area contributed by atoms with Crippen LogP contribution in [-0.4, -0.2) is 21.0 Å². The van der Waals surface area contributed by atoms with Gasteiger partial charge in [-0.3, -0.25) is 0 Å². The van der Waals surface area contributed by atoms with E-state index in [1.807, 2.05) is 0 Å². The molecule has 1 saturated carbocycles. The monoisotopic (exact) mass is 206 g/mol. The third-order valence-corrected chi connectivity index (χ3v) is 3.53. The maximum Gasteiger partial charge on any atom is 0.354 e. The summed E-state index contributed by atoms with van der Waals surface area (Å²) in [6.45, 7) is 6.36. The third kappa shape index (κ3) is 1.40. The van der Waals surface area contributed by atoms with Gasteiger partial charge in [0.1, 0.15) is 5.82 Å². The van der Waals surface area contributed by atoms with Crippen molar-refractivity contribution in [1.29, 1.82) is 0 Å². The van der Waals surface area contributed by atoms with Crippen molar-refractivity contribution in [2.24, 2.45) is 5.41 Å². The molecule has 80 valence electrons. The van der Waals surface area contributed by atoms with Gasteiger partial charge in [0.15, 0.2) is 5.69 Å². The van der Waals surface area contributed by atoms with Crippen LogP contribution in [0, 0.1) is 5.41 Å². The van der Waals surface area contributed by atoms with E-state index in [4.69, 9.17) is 5.11 Å². The highest BCUT2D eigenvalue weighted by molar-refractivity contribution is 5.85. The van der Waals surface area contributed by atoms with Gasteiger partial charge in [0, 0.05) is 11.6 Å². The minimum atomic E-state index is -0.999. The van der Waals surface area contributed by atoms with Crippen LogP contribution >= 0.6 is 0 Å². The Kier molecular flexibility index (Phi) is 1.87. The summed E-state index contributed by atoms with van der Waals surface area (Å²) in [5.74, 6) is -0.354. The molecule has 4 heteroatoms. The molecule has 0 radical (unpaired) electrons. The van der Waals surface area contributed by atoms with Crippen LogP contribution in [0.5, 0.6) is 0 Å². The summed E-state index contributed by atoms with van der Waals surface area (Å²) in [4.78, 5) is 19.0. The Hall–Kier alpha value is -1.45. The zero-order valence-electron chi connectivity index (χ0n) is 9.11. The van der Waals surface area contributed by atoms with Crippen molar-refractivity contribution in [2.45, 2.75) is 32.6 Å². The fraction of sp³-hybridized carbons (Fsp3) is 0.545. The second-order valence-corrected chi connectivity index (χ2v) is 4.96. The lowest BCUT2D eigenvalue weighted by atomic mass is 9.97. The molecule has 15 heavy (non-hydrogen) atoms. The first kappa shape index (κ1) is 10.1. The molecule has 1 N–H and O–H groups in total. The van der Waals surface area contributed by atoms with Crippen LogP contribution in [-0.2, 0) is 5.41 Å². The van der Waals surface area contributed by atoms with Gasteiger partial charge in [0.2, 0.25) is 0 Å². The maximum absolute atomic E-state index is 10.8. The summed E-state index contributed by atoms with van der Waals surface area (Å²) in [7, 11) is 0. The van der Waals surface area contributed by atoms with E-state index in [9.17, 15) is 4.79 Å². The van der Waals surface area contributed by atoms with Gasteiger partial charge in [-0.25, -0.2) is 14.8 Å². The normalized spacial score (nSPS) is 27.4. The van der Waals surface area contributed by atoms with E-state index >= 15 is 0 Å². The van der Waals surface area contributed by atoms with Crippen LogP contribution in [0.25, 0.3) is 0 Å². The Morgan fingerprint density at radius 3 is 2.53 bits per heavy atom. The van der Waals surface area contributed by atoms with Gasteiger partial charge < -0.3 is 5.11 Å². The first-order valence-corrected chi connectivity index (χ1v) is 4.94. The van der Waals surface area contributed by atoms with E-state index < -0.39 is 5.97 Å². The summed E-state index contributed by atoms with van der Waals surface area (Å²) in [6, 6.07) is 1.42. The molecule has 1 atom stereocenters. The summed E-state index contributed by atoms with van der Waals surface area (Å²) < 4.78 is 0. The number of rotatable bonds is 2. The van der Waals surface area contributed by atoms with E-state index in [0.29, 0.717) is 5.82 Å². The van der Waals surface area contributed by atoms with Gasteiger partial charge in [-0.2, -0.15) is 0 Å². The zero-order valence-corrected chi connectivity index (χ0v) is 9.11. The van der Waals surface area contributed by atoms with E-state index in [1.165, 1.54) is 12.3 Å². The van der Waals surface area contributed by atoms with Crippen molar-refractivity contribution in [3.63, 3.8) is 0 Å². The first-order chi connectivity index (χ1) is 6.87. The fourth-order valence-corrected chi connectivity index (χ4v) is 1.97. The smallest absolute Gasteiger partial charge is 0.354 e. The average molecular weight is 206 g/mol. The number of aromatic carboxylic acids is 1. The van der Waals surface area contributed by atoms with Crippen molar-refractivity contribution >= 4 is 5.97 Å². The molecular formula is C11H14N2O2. The first-order valence-electron chi connectivity index (χ1n) is 4.94. The van der Waals surface area contributed by atoms with Gasteiger partial charge in [-0.1, -0.05) is 20.8 Å². The SMILES string of the molecule is CC1(C)CC1(C)c1nccc(C(=O)O)n1. The molecule has 4 nitrogen and oxygen atoms in total. The second-order valence-electron chi connectivity index (χ2n) is 4.96. The molecule has 0 spiro atoms. The third-order valence-electron chi connectivity index (χ3n) is 3.53. The molecule has 0 amide bonds. The van der Waals surface area contributed by atoms with Crippen molar-refractivity contribution in [3.8, 4) is 0 Å².